The zero-order valence-corrected chi connectivity index (χ0v) is 15.9. The number of thioether (sulfide) groups is 1. The second-order valence-electron chi connectivity index (χ2n) is 5.80. The SMILES string of the molecule is CC(Oc1ccccc1)c1nn2c(CSCc3ccccc3)nnc2s1. The first-order valence-corrected chi connectivity index (χ1v) is 10.3. The average molecular weight is 383 g/mol. The summed E-state index contributed by atoms with van der Waals surface area (Å²) in [5, 5.41) is 14.1. The predicted octanol–water partition coefficient (Wildman–Crippen LogP) is 4.76. The summed E-state index contributed by atoms with van der Waals surface area (Å²) in [6.07, 6.45) is -0.131. The standard InChI is InChI=1S/C19H18N4OS2/c1-14(24-16-10-6-3-7-11-16)18-22-23-17(20-21-19(23)26-18)13-25-12-15-8-4-2-5-9-15/h2-11,14H,12-13H2,1H3. The van der Waals surface area contributed by atoms with Crippen molar-refractivity contribution in [2.45, 2.75) is 24.5 Å². The van der Waals surface area contributed by atoms with Crippen molar-refractivity contribution in [1.82, 2.24) is 19.8 Å². The predicted molar refractivity (Wildman–Crippen MR) is 106 cm³/mol. The molecule has 7 heteroatoms. The maximum Gasteiger partial charge on any atom is 0.234 e. The maximum atomic E-state index is 5.96. The molecule has 4 aromatic rings. The molecule has 5 nitrogen and oxygen atoms in total. The third-order valence-corrected chi connectivity index (χ3v) is 5.88. The molecule has 4 rings (SSSR count). The number of aromatic nitrogens is 4. The summed E-state index contributed by atoms with van der Waals surface area (Å²) in [4.78, 5) is 0.804. The monoisotopic (exact) mass is 382 g/mol. The molecule has 0 saturated carbocycles. The van der Waals surface area contributed by atoms with Crippen molar-refractivity contribution in [2.75, 3.05) is 0 Å². The molecule has 132 valence electrons. The first-order chi connectivity index (χ1) is 12.8. The lowest BCUT2D eigenvalue weighted by Crippen LogP contribution is -2.04. The number of hydrogen-bond acceptors (Lipinski definition) is 6. The van der Waals surface area contributed by atoms with Crippen LogP contribution in [-0.2, 0) is 11.5 Å². The zero-order valence-electron chi connectivity index (χ0n) is 14.3. The van der Waals surface area contributed by atoms with E-state index in [-0.39, 0.29) is 6.10 Å². The lowest BCUT2D eigenvalue weighted by Gasteiger charge is -2.11. The second kappa shape index (κ2) is 7.88. The Kier molecular flexibility index (Phi) is 5.17. The third kappa shape index (κ3) is 3.89. The number of ether oxygens (including phenoxy) is 1. The maximum absolute atomic E-state index is 5.96. The fourth-order valence-electron chi connectivity index (χ4n) is 2.51. The second-order valence-corrected chi connectivity index (χ2v) is 7.78. The smallest absolute Gasteiger partial charge is 0.234 e. The Morgan fingerprint density at radius 1 is 1.00 bits per heavy atom. The van der Waals surface area contributed by atoms with Crippen LogP contribution in [0.25, 0.3) is 4.96 Å². The van der Waals surface area contributed by atoms with Gasteiger partial charge in [-0.25, -0.2) is 0 Å². The van der Waals surface area contributed by atoms with E-state index in [1.54, 1.807) is 0 Å². The normalized spacial score (nSPS) is 12.3. The molecule has 0 aliphatic rings. The van der Waals surface area contributed by atoms with Gasteiger partial charge < -0.3 is 4.74 Å². The first kappa shape index (κ1) is 17.1. The highest BCUT2D eigenvalue weighted by molar-refractivity contribution is 7.97. The molecule has 0 radical (unpaired) electrons. The number of benzene rings is 2. The summed E-state index contributed by atoms with van der Waals surface area (Å²) in [7, 11) is 0. The quantitative estimate of drug-likeness (QED) is 0.461. The van der Waals surface area contributed by atoms with Gasteiger partial charge in [-0.1, -0.05) is 59.9 Å². The van der Waals surface area contributed by atoms with E-state index in [4.69, 9.17) is 4.74 Å². The summed E-state index contributed by atoms with van der Waals surface area (Å²) in [5.74, 6) is 3.42. The van der Waals surface area contributed by atoms with Crippen LogP contribution in [0.1, 0.15) is 29.4 Å². The van der Waals surface area contributed by atoms with Crippen molar-refractivity contribution >= 4 is 28.1 Å². The molecule has 0 N–H and O–H groups in total. The third-order valence-electron chi connectivity index (χ3n) is 3.82. The molecule has 0 saturated heterocycles. The minimum atomic E-state index is -0.131. The van der Waals surface area contributed by atoms with Gasteiger partial charge in [0, 0.05) is 5.75 Å². The number of nitrogens with zero attached hydrogens (tertiary/aromatic N) is 4. The van der Waals surface area contributed by atoms with Crippen molar-refractivity contribution in [3.63, 3.8) is 0 Å². The Morgan fingerprint density at radius 2 is 1.73 bits per heavy atom. The van der Waals surface area contributed by atoms with E-state index >= 15 is 0 Å². The minimum absolute atomic E-state index is 0.131. The van der Waals surface area contributed by atoms with E-state index in [1.165, 1.54) is 16.9 Å². The Labute approximate surface area is 160 Å². The van der Waals surface area contributed by atoms with Gasteiger partial charge in [-0.05, 0) is 24.6 Å². The van der Waals surface area contributed by atoms with Crippen LogP contribution in [0.4, 0.5) is 0 Å². The van der Waals surface area contributed by atoms with E-state index < -0.39 is 0 Å². The van der Waals surface area contributed by atoms with E-state index in [9.17, 15) is 0 Å². The fourth-order valence-corrected chi connectivity index (χ4v) is 4.25. The van der Waals surface area contributed by atoms with Crippen LogP contribution in [0.15, 0.2) is 60.7 Å². The van der Waals surface area contributed by atoms with Crippen LogP contribution in [0, 0.1) is 0 Å². The van der Waals surface area contributed by atoms with Gasteiger partial charge in [0.05, 0.1) is 5.75 Å². The molecule has 0 fully saturated rings. The first-order valence-electron chi connectivity index (χ1n) is 8.34. The van der Waals surface area contributed by atoms with Crippen LogP contribution in [0.2, 0.25) is 0 Å². The van der Waals surface area contributed by atoms with Gasteiger partial charge in [0.2, 0.25) is 4.96 Å². The Morgan fingerprint density at radius 3 is 2.50 bits per heavy atom. The highest BCUT2D eigenvalue weighted by atomic mass is 32.2. The summed E-state index contributed by atoms with van der Waals surface area (Å²) < 4.78 is 7.80. The molecule has 2 aromatic carbocycles. The Balaban J connectivity index is 1.43. The molecule has 2 heterocycles. The number of fused-ring (bicyclic) bond motifs is 1. The van der Waals surface area contributed by atoms with Gasteiger partial charge in [-0.2, -0.15) is 9.61 Å². The van der Waals surface area contributed by atoms with Crippen LogP contribution in [0.3, 0.4) is 0 Å². The molecule has 1 atom stereocenters. The van der Waals surface area contributed by atoms with Gasteiger partial charge in [0.25, 0.3) is 0 Å². The molecule has 26 heavy (non-hydrogen) atoms. The van der Waals surface area contributed by atoms with Crippen molar-refractivity contribution in [3.05, 3.63) is 77.1 Å². The van der Waals surface area contributed by atoms with Crippen LogP contribution in [0.5, 0.6) is 5.75 Å². The highest BCUT2D eigenvalue weighted by Gasteiger charge is 2.17. The fraction of sp³-hybridized carbons (Fsp3) is 0.211. The molecular weight excluding hydrogens is 364 g/mol. The van der Waals surface area contributed by atoms with E-state index in [0.717, 1.165) is 33.0 Å². The number of hydrogen-bond donors (Lipinski definition) is 0. The van der Waals surface area contributed by atoms with E-state index in [0.29, 0.717) is 0 Å². The van der Waals surface area contributed by atoms with Crippen molar-refractivity contribution < 1.29 is 4.74 Å². The van der Waals surface area contributed by atoms with Crippen LogP contribution < -0.4 is 4.74 Å². The molecule has 0 bridgehead atoms. The van der Waals surface area contributed by atoms with Gasteiger partial charge in [0.15, 0.2) is 10.8 Å². The number of rotatable bonds is 7. The zero-order chi connectivity index (χ0) is 17.8. The molecule has 0 amide bonds. The molecule has 0 aliphatic heterocycles. The average Bonchev–Trinajstić information content (AvgIpc) is 3.25. The van der Waals surface area contributed by atoms with E-state index in [2.05, 4.69) is 39.6 Å². The summed E-state index contributed by atoms with van der Waals surface area (Å²) >= 11 is 3.33. The van der Waals surface area contributed by atoms with E-state index in [1.807, 2.05) is 59.6 Å². The van der Waals surface area contributed by atoms with Gasteiger partial charge >= 0.3 is 0 Å². The van der Waals surface area contributed by atoms with Gasteiger partial charge in [-0.15, -0.1) is 22.0 Å². The van der Waals surface area contributed by atoms with Crippen LogP contribution in [-0.4, -0.2) is 19.8 Å². The largest absolute Gasteiger partial charge is 0.483 e. The van der Waals surface area contributed by atoms with Gasteiger partial charge in [0.1, 0.15) is 11.9 Å². The lowest BCUT2D eigenvalue weighted by atomic mass is 10.2. The molecule has 2 aromatic heterocycles. The molecule has 1 unspecified atom stereocenters. The topological polar surface area (TPSA) is 52.3 Å². The van der Waals surface area contributed by atoms with Crippen LogP contribution >= 0.6 is 23.1 Å². The summed E-state index contributed by atoms with van der Waals surface area (Å²) in [5.41, 5.74) is 1.31. The minimum Gasteiger partial charge on any atom is -0.483 e. The van der Waals surface area contributed by atoms with Crippen molar-refractivity contribution in [2.24, 2.45) is 0 Å². The number of para-hydroxylation sites is 1. The molecule has 0 aliphatic carbocycles. The Hall–Kier alpha value is -2.38. The lowest BCUT2D eigenvalue weighted by molar-refractivity contribution is 0.225. The summed E-state index contributed by atoms with van der Waals surface area (Å²) in [6.45, 7) is 2.00. The highest BCUT2D eigenvalue weighted by Crippen LogP contribution is 2.26. The van der Waals surface area contributed by atoms with Crippen molar-refractivity contribution in [3.8, 4) is 5.75 Å². The van der Waals surface area contributed by atoms with Crippen molar-refractivity contribution in [1.29, 1.82) is 0 Å². The molecular formula is C19H18N4OS2. The van der Waals surface area contributed by atoms with Gasteiger partial charge in [-0.3, -0.25) is 0 Å². The summed E-state index contributed by atoms with van der Waals surface area (Å²) in [6, 6.07) is 20.2. The Bertz CT molecular complexity index is 969. The molecule has 0 spiro atoms.